The summed E-state index contributed by atoms with van der Waals surface area (Å²) in [5, 5.41) is 12.6. The van der Waals surface area contributed by atoms with E-state index in [4.69, 9.17) is 9.47 Å². The molecular weight excluding hydrogens is 246 g/mol. The first-order valence-electron chi connectivity index (χ1n) is 6.21. The summed E-state index contributed by atoms with van der Waals surface area (Å²) in [6, 6.07) is 5.16. The molecule has 5 heteroatoms. The zero-order chi connectivity index (χ0) is 14.0. The first-order valence-corrected chi connectivity index (χ1v) is 6.21. The lowest BCUT2D eigenvalue weighted by molar-refractivity contribution is -0.144. The molecule has 1 aliphatic rings. The second-order valence-corrected chi connectivity index (χ2v) is 4.79. The minimum Gasteiger partial charge on any atom is -0.497 e. The van der Waals surface area contributed by atoms with Crippen LogP contribution in [0.5, 0.6) is 11.5 Å². The number of ether oxygens (including phenoxy) is 2. The fraction of sp³-hybridized carbons (Fsp3) is 0.500. The zero-order valence-electron chi connectivity index (χ0n) is 11.4. The van der Waals surface area contributed by atoms with Gasteiger partial charge in [-0.1, -0.05) is 0 Å². The monoisotopic (exact) mass is 265 g/mol. The molecule has 1 atom stereocenters. The van der Waals surface area contributed by atoms with Crippen molar-refractivity contribution in [3.05, 3.63) is 23.8 Å². The van der Waals surface area contributed by atoms with Crippen molar-refractivity contribution < 1.29 is 19.4 Å². The summed E-state index contributed by atoms with van der Waals surface area (Å²) in [6.45, 7) is 0. The summed E-state index contributed by atoms with van der Waals surface area (Å²) < 4.78 is 10.6. The van der Waals surface area contributed by atoms with Gasteiger partial charge in [0.2, 0.25) is 0 Å². The van der Waals surface area contributed by atoms with E-state index in [9.17, 15) is 9.90 Å². The smallest absolute Gasteiger partial charge is 0.311 e. The van der Waals surface area contributed by atoms with E-state index in [1.165, 1.54) is 0 Å². The lowest BCUT2D eigenvalue weighted by Gasteiger charge is -2.25. The second kappa shape index (κ2) is 5.09. The van der Waals surface area contributed by atoms with Gasteiger partial charge in [-0.15, -0.1) is 0 Å². The molecule has 2 rings (SSSR count). The molecule has 0 aromatic heterocycles. The fourth-order valence-electron chi connectivity index (χ4n) is 2.56. The number of benzene rings is 1. The number of hydrogen-bond acceptors (Lipinski definition) is 4. The van der Waals surface area contributed by atoms with E-state index in [-0.39, 0.29) is 6.04 Å². The summed E-state index contributed by atoms with van der Waals surface area (Å²) in [4.78, 5) is 11.5. The number of aliphatic carboxylic acids is 1. The van der Waals surface area contributed by atoms with E-state index >= 15 is 0 Å². The lowest BCUT2D eigenvalue weighted by Crippen LogP contribution is -2.32. The molecule has 0 heterocycles. The summed E-state index contributed by atoms with van der Waals surface area (Å²) in [7, 11) is 4.94. The van der Waals surface area contributed by atoms with Crippen LogP contribution >= 0.6 is 0 Å². The number of methoxy groups -OCH3 is 2. The van der Waals surface area contributed by atoms with Gasteiger partial charge in [0.1, 0.15) is 11.5 Å². The molecule has 1 aromatic rings. The highest BCUT2D eigenvalue weighted by Crippen LogP contribution is 2.56. The van der Waals surface area contributed by atoms with E-state index in [1.54, 1.807) is 33.4 Å². The van der Waals surface area contributed by atoms with E-state index in [0.717, 1.165) is 5.56 Å². The average Bonchev–Trinajstić information content (AvgIpc) is 3.21. The van der Waals surface area contributed by atoms with Crippen molar-refractivity contribution in [2.75, 3.05) is 21.3 Å². The molecule has 0 radical (unpaired) electrons. The molecule has 0 bridgehead atoms. The van der Waals surface area contributed by atoms with Gasteiger partial charge in [0.05, 0.1) is 25.7 Å². The van der Waals surface area contributed by atoms with Gasteiger partial charge in [0, 0.05) is 5.56 Å². The van der Waals surface area contributed by atoms with Crippen LogP contribution in [0.3, 0.4) is 0 Å². The molecule has 5 nitrogen and oxygen atoms in total. The predicted molar refractivity (Wildman–Crippen MR) is 70.6 cm³/mol. The van der Waals surface area contributed by atoms with Crippen molar-refractivity contribution in [2.45, 2.75) is 18.9 Å². The molecule has 1 fully saturated rings. The van der Waals surface area contributed by atoms with E-state index < -0.39 is 11.4 Å². The summed E-state index contributed by atoms with van der Waals surface area (Å²) in [5.74, 6) is 0.599. The Morgan fingerprint density at radius 1 is 1.37 bits per heavy atom. The Balaban J connectivity index is 2.45. The molecule has 0 amide bonds. The number of rotatable bonds is 6. The van der Waals surface area contributed by atoms with Crippen molar-refractivity contribution in [1.29, 1.82) is 0 Å². The molecule has 0 spiro atoms. The molecular formula is C14H19NO4. The first kappa shape index (κ1) is 13.7. The van der Waals surface area contributed by atoms with Crippen LogP contribution in [-0.4, -0.2) is 32.3 Å². The first-order chi connectivity index (χ1) is 9.08. The second-order valence-electron chi connectivity index (χ2n) is 4.79. The van der Waals surface area contributed by atoms with Gasteiger partial charge in [-0.25, -0.2) is 0 Å². The Morgan fingerprint density at radius 2 is 2.05 bits per heavy atom. The third-order valence-electron chi connectivity index (χ3n) is 3.80. The highest BCUT2D eigenvalue weighted by atomic mass is 16.5. The molecule has 1 saturated carbocycles. The van der Waals surface area contributed by atoms with Crippen molar-refractivity contribution in [1.82, 2.24) is 5.32 Å². The van der Waals surface area contributed by atoms with Crippen molar-refractivity contribution in [3.63, 3.8) is 0 Å². The summed E-state index contributed by atoms with van der Waals surface area (Å²) in [5.41, 5.74) is 0.0956. The van der Waals surface area contributed by atoms with Crippen LogP contribution in [0.15, 0.2) is 18.2 Å². The van der Waals surface area contributed by atoms with Gasteiger partial charge in [0.25, 0.3) is 0 Å². The highest BCUT2D eigenvalue weighted by molar-refractivity contribution is 5.79. The van der Waals surface area contributed by atoms with E-state index in [0.29, 0.717) is 24.3 Å². The SMILES string of the molecule is CNC(c1cc(OC)ccc1OC)C1(C(=O)O)CC1. The van der Waals surface area contributed by atoms with Crippen LogP contribution in [0.1, 0.15) is 24.4 Å². The lowest BCUT2D eigenvalue weighted by atomic mass is 9.89. The molecule has 1 aromatic carbocycles. The molecule has 0 aliphatic heterocycles. The number of carboxylic acid groups (broad SMARTS) is 1. The Bertz CT molecular complexity index is 482. The topological polar surface area (TPSA) is 67.8 Å². The fourth-order valence-corrected chi connectivity index (χ4v) is 2.56. The van der Waals surface area contributed by atoms with Crippen molar-refractivity contribution in [3.8, 4) is 11.5 Å². The van der Waals surface area contributed by atoms with Crippen LogP contribution in [0.4, 0.5) is 0 Å². The average molecular weight is 265 g/mol. The van der Waals surface area contributed by atoms with Crippen LogP contribution < -0.4 is 14.8 Å². The maximum atomic E-state index is 11.5. The number of hydrogen-bond donors (Lipinski definition) is 2. The van der Waals surface area contributed by atoms with Crippen LogP contribution in [0.2, 0.25) is 0 Å². The minimum absolute atomic E-state index is 0.282. The van der Waals surface area contributed by atoms with Crippen LogP contribution in [0, 0.1) is 5.41 Å². The summed E-state index contributed by atoms with van der Waals surface area (Å²) >= 11 is 0. The molecule has 0 saturated heterocycles. The Hall–Kier alpha value is -1.75. The Kier molecular flexibility index (Phi) is 3.66. The Labute approximate surface area is 112 Å². The standard InChI is InChI=1S/C14H19NO4/c1-15-12(14(6-7-14)13(16)17)10-8-9(18-2)4-5-11(10)19-3/h4-5,8,12,15H,6-7H2,1-3H3,(H,16,17). The third kappa shape index (κ3) is 2.26. The van der Waals surface area contributed by atoms with Crippen molar-refractivity contribution in [2.24, 2.45) is 5.41 Å². The molecule has 2 N–H and O–H groups in total. The number of carbonyl (C=O) groups is 1. The zero-order valence-corrected chi connectivity index (χ0v) is 11.4. The van der Waals surface area contributed by atoms with Crippen LogP contribution in [0.25, 0.3) is 0 Å². The summed E-state index contributed by atoms with van der Waals surface area (Å²) in [6.07, 6.45) is 1.35. The number of carboxylic acids is 1. The van der Waals surface area contributed by atoms with Gasteiger partial charge in [-0.05, 0) is 38.1 Å². The normalized spacial score (nSPS) is 17.6. The largest absolute Gasteiger partial charge is 0.497 e. The van der Waals surface area contributed by atoms with Crippen LogP contribution in [-0.2, 0) is 4.79 Å². The van der Waals surface area contributed by atoms with Gasteiger partial charge in [-0.3, -0.25) is 4.79 Å². The van der Waals surface area contributed by atoms with Crippen molar-refractivity contribution >= 4 is 5.97 Å². The van der Waals surface area contributed by atoms with Gasteiger partial charge in [-0.2, -0.15) is 0 Å². The Morgan fingerprint density at radius 3 is 2.47 bits per heavy atom. The molecule has 104 valence electrons. The minimum atomic E-state index is -0.767. The quantitative estimate of drug-likeness (QED) is 0.821. The van der Waals surface area contributed by atoms with Gasteiger partial charge >= 0.3 is 5.97 Å². The molecule has 1 aliphatic carbocycles. The molecule has 19 heavy (non-hydrogen) atoms. The molecule has 1 unspecified atom stereocenters. The maximum absolute atomic E-state index is 11.5. The maximum Gasteiger partial charge on any atom is 0.311 e. The highest BCUT2D eigenvalue weighted by Gasteiger charge is 2.56. The van der Waals surface area contributed by atoms with E-state index in [2.05, 4.69) is 5.32 Å². The van der Waals surface area contributed by atoms with Gasteiger partial charge < -0.3 is 19.9 Å². The predicted octanol–water partition coefficient (Wildman–Crippen LogP) is 1.83. The van der Waals surface area contributed by atoms with E-state index in [1.807, 2.05) is 6.07 Å². The third-order valence-corrected chi connectivity index (χ3v) is 3.80. The van der Waals surface area contributed by atoms with Gasteiger partial charge in [0.15, 0.2) is 0 Å². The number of nitrogens with one attached hydrogen (secondary N) is 1.